The monoisotopic (exact) mass is 367 g/mol. The molecule has 0 saturated carbocycles. The highest BCUT2D eigenvalue weighted by Crippen LogP contribution is 2.20. The van der Waals surface area contributed by atoms with Crippen LogP contribution < -0.4 is 5.32 Å². The molecule has 1 N–H and O–H groups in total. The van der Waals surface area contributed by atoms with Crippen molar-refractivity contribution in [3.63, 3.8) is 0 Å². The predicted molar refractivity (Wildman–Crippen MR) is 74.5 cm³/mol. The number of carbonyl (C=O) groups excluding carboxylic acids is 1. The molecule has 1 unspecified atom stereocenters. The van der Waals surface area contributed by atoms with Gasteiger partial charge in [0.25, 0.3) is 5.91 Å². The van der Waals surface area contributed by atoms with Crippen molar-refractivity contribution in [1.29, 1.82) is 0 Å². The molecule has 5 heteroatoms. The number of alkyl halides is 1. The lowest BCUT2D eigenvalue weighted by atomic mass is 10.2. The van der Waals surface area contributed by atoms with Crippen LogP contribution in [0.1, 0.15) is 23.7 Å². The van der Waals surface area contributed by atoms with Gasteiger partial charge in [0.05, 0.1) is 10.6 Å². The highest BCUT2D eigenvalue weighted by molar-refractivity contribution is 9.10. The topological polar surface area (TPSA) is 29.1 Å². The van der Waals surface area contributed by atoms with Crippen molar-refractivity contribution >= 4 is 49.4 Å². The van der Waals surface area contributed by atoms with E-state index in [1.165, 1.54) is 0 Å². The fraction of sp³-hybridized carbons (Fsp3) is 0.364. The molecule has 1 rings (SSSR count). The summed E-state index contributed by atoms with van der Waals surface area (Å²) in [5.74, 6) is -0.149. The third kappa shape index (κ3) is 4.07. The third-order valence-corrected chi connectivity index (χ3v) is 3.89. The lowest BCUT2D eigenvalue weighted by Gasteiger charge is -2.10. The fourth-order valence-electron chi connectivity index (χ4n) is 1.11. The Kier molecular flexibility index (Phi) is 5.79. The minimum atomic E-state index is -0.149. The number of benzene rings is 1. The second-order valence-electron chi connectivity index (χ2n) is 3.34. The van der Waals surface area contributed by atoms with Crippen LogP contribution in [-0.2, 0) is 0 Å². The molecule has 0 saturated heterocycles. The van der Waals surface area contributed by atoms with E-state index in [9.17, 15) is 4.79 Å². The molecular formula is C11H12Br2ClNO. The molecule has 88 valence electrons. The Balaban J connectivity index is 2.69. The van der Waals surface area contributed by atoms with Gasteiger partial charge >= 0.3 is 0 Å². The van der Waals surface area contributed by atoms with Crippen LogP contribution in [0.5, 0.6) is 0 Å². The van der Waals surface area contributed by atoms with Crippen molar-refractivity contribution in [2.45, 2.75) is 18.2 Å². The summed E-state index contributed by atoms with van der Waals surface area (Å²) in [7, 11) is 0. The summed E-state index contributed by atoms with van der Waals surface area (Å²) in [6, 6.07) is 5.22. The summed E-state index contributed by atoms with van der Waals surface area (Å²) in [6.45, 7) is 2.65. The number of rotatable bonds is 4. The molecule has 1 aromatic carbocycles. The van der Waals surface area contributed by atoms with Crippen molar-refractivity contribution < 1.29 is 4.79 Å². The second-order valence-corrected chi connectivity index (χ2v) is 5.96. The number of hydrogen-bond donors (Lipinski definition) is 1. The molecule has 0 aromatic heterocycles. The van der Waals surface area contributed by atoms with Gasteiger partial charge in [-0.3, -0.25) is 4.79 Å². The van der Waals surface area contributed by atoms with Gasteiger partial charge in [0.1, 0.15) is 0 Å². The number of hydrogen-bond acceptors (Lipinski definition) is 1. The molecule has 2 nitrogen and oxygen atoms in total. The van der Waals surface area contributed by atoms with Crippen LogP contribution in [0.4, 0.5) is 0 Å². The quantitative estimate of drug-likeness (QED) is 0.799. The highest BCUT2D eigenvalue weighted by Gasteiger charge is 2.11. The molecule has 1 amide bonds. The molecule has 16 heavy (non-hydrogen) atoms. The Morgan fingerprint density at radius 2 is 2.25 bits per heavy atom. The molecule has 0 spiro atoms. The summed E-state index contributed by atoms with van der Waals surface area (Å²) >= 11 is 12.7. The summed E-state index contributed by atoms with van der Waals surface area (Å²) in [4.78, 5) is 12.1. The second kappa shape index (κ2) is 6.62. The van der Waals surface area contributed by atoms with Gasteiger partial charge in [-0.2, -0.15) is 0 Å². The van der Waals surface area contributed by atoms with Gasteiger partial charge in [0.2, 0.25) is 0 Å². The third-order valence-electron chi connectivity index (χ3n) is 2.10. The number of halogens is 3. The van der Waals surface area contributed by atoms with E-state index >= 15 is 0 Å². The van der Waals surface area contributed by atoms with E-state index in [4.69, 9.17) is 11.6 Å². The van der Waals surface area contributed by atoms with Crippen LogP contribution in [0.25, 0.3) is 0 Å². The molecule has 0 aliphatic carbocycles. The molecule has 0 bridgehead atoms. The predicted octanol–water partition coefficient (Wildman–Crippen LogP) is 4.01. The van der Waals surface area contributed by atoms with Gasteiger partial charge in [-0.05, 0) is 24.6 Å². The maximum atomic E-state index is 11.8. The molecule has 0 aliphatic rings. The van der Waals surface area contributed by atoms with E-state index in [1.807, 2.05) is 0 Å². The van der Waals surface area contributed by atoms with Crippen LogP contribution in [0, 0.1) is 0 Å². The minimum Gasteiger partial charge on any atom is -0.351 e. The van der Waals surface area contributed by atoms with E-state index in [2.05, 4.69) is 44.1 Å². The van der Waals surface area contributed by atoms with Crippen LogP contribution in [0.15, 0.2) is 22.7 Å². The average Bonchev–Trinajstić information content (AvgIpc) is 2.28. The molecule has 0 aliphatic heterocycles. The summed E-state index contributed by atoms with van der Waals surface area (Å²) in [6.07, 6.45) is 0.965. The zero-order valence-corrected chi connectivity index (χ0v) is 12.7. The zero-order valence-electron chi connectivity index (χ0n) is 8.77. The number of nitrogens with one attached hydrogen (secondary N) is 1. The lowest BCUT2D eigenvalue weighted by molar-refractivity contribution is 0.0954. The largest absolute Gasteiger partial charge is 0.351 e. The highest BCUT2D eigenvalue weighted by atomic mass is 79.9. The van der Waals surface area contributed by atoms with Crippen LogP contribution in [-0.4, -0.2) is 17.3 Å². The van der Waals surface area contributed by atoms with Gasteiger partial charge in [-0.1, -0.05) is 50.4 Å². The van der Waals surface area contributed by atoms with Gasteiger partial charge in [-0.15, -0.1) is 0 Å². The minimum absolute atomic E-state index is 0.149. The van der Waals surface area contributed by atoms with E-state index in [1.54, 1.807) is 18.2 Å². The first-order valence-corrected chi connectivity index (χ1v) is 7.00. The van der Waals surface area contributed by atoms with Gasteiger partial charge in [-0.25, -0.2) is 0 Å². The first-order chi connectivity index (χ1) is 7.54. The van der Waals surface area contributed by atoms with Crippen LogP contribution in [0.3, 0.4) is 0 Å². The van der Waals surface area contributed by atoms with Crippen LogP contribution in [0.2, 0.25) is 5.02 Å². The van der Waals surface area contributed by atoms with Crippen molar-refractivity contribution in [2.24, 2.45) is 0 Å². The molecular weight excluding hydrogens is 357 g/mol. The lowest BCUT2D eigenvalue weighted by Crippen LogP contribution is -2.29. The Labute approximate surface area is 117 Å². The fourth-order valence-corrected chi connectivity index (χ4v) is 1.84. The molecule has 0 radical (unpaired) electrons. The maximum Gasteiger partial charge on any atom is 0.252 e. The summed E-state index contributed by atoms with van der Waals surface area (Å²) < 4.78 is 0.841. The first-order valence-electron chi connectivity index (χ1n) is 4.92. The summed E-state index contributed by atoms with van der Waals surface area (Å²) in [5.41, 5.74) is 0.492. The number of amides is 1. The summed E-state index contributed by atoms with van der Waals surface area (Å²) in [5, 5.41) is 3.29. The zero-order chi connectivity index (χ0) is 12.1. The Morgan fingerprint density at radius 3 is 2.88 bits per heavy atom. The first kappa shape index (κ1) is 14.0. The number of carbonyl (C=O) groups is 1. The van der Waals surface area contributed by atoms with E-state index in [0.717, 1.165) is 10.9 Å². The smallest absolute Gasteiger partial charge is 0.252 e. The van der Waals surface area contributed by atoms with E-state index in [0.29, 0.717) is 22.0 Å². The van der Waals surface area contributed by atoms with Crippen molar-refractivity contribution in [1.82, 2.24) is 5.32 Å². The molecule has 0 fully saturated rings. The molecule has 1 atom stereocenters. The van der Waals surface area contributed by atoms with Crippen LogP contribution >= 0.6 is 43.5 Å². The van der Waals surface area contributed by atoms with Crippen molar-refractivity contribution in [3.05, 3.63) is 33.3 Å². The Bertz CT molecular complexity index is 384. The van der Waals surface area contributed by atoms with Gasteiger partial charge in [0, 0.05) is 15.8 Å². The molecule has 0 heterocycles. The van der Waals surface area contributed by atoms with Gasteiger partial charge < -0.3 is 5.32 Å². The van der Waals surface area contributed by atoms with Gasteiger partial charge in [0.15, 0.2) is 0 Å². The maximum absolute atomic E-state index is 11.8. The SMILES string of the molecule is CCC(Br)CNC(=O)c1cc(Br)ccc1Cl. The van der Waals surface area contributed by atoms with Crippen molar-refractivity contribution in [2.75, 3.05) is 6.54 Å². The molecule has 1 aromatic rings. The Morgan fingerprint density at radius 1 is 1.56 bits per heavy atom. The standard InChI is InChI=1S/C11H12Br2ClNO/c1-2-7(12)6-15-11(16)9-5-8(13)3-4-10(9)14/h3-5,7H,2,6H2,1H3,(H,15,16). The van der Waals surface area contributed by atoms with E-state index < -0.39 is 0 Å². The van der Waals surface area contributed by atoms with Crippen molar-refractivity contribution in [3.8, 4) is 0 Å². The average molecular weight is 369 g/mol. The Hall–Kier alpha value is -0.0600. The normalized spacial score (nSPS) is 12.2. The van der Waals surface area contributed by atoms with E-state index in [-0.39, 0.29) is 5.91 Å².